The number of halogens is 1. The smallest absolute Gasteiger partial charge is 0.254 e. The van der Waals surface area contributed by atoms with Gasteiger partial charge in [-0.3, -0.25) is 9.59 Å². The van der Waals surface area contributed by atoms with Gasteiger partial charge in [-0.2, -0.15) is 0 Å². The SMILES string of the molecule is C[C@@H](NC(=O)[C@@H]1CCCN1C(=O)c1cccc(F)c1)c1ccccc1. The van der Waals surface area contributed by atoms with E-state index in [1.165, 1.54) is 18.2 Å². The predicted molar refractivity (Wildman–Crippen MR) is 93.5 cm³/mol. The Morgan fingerprint density at radius 3 is 2.64 bits per heavy atom. The van der Waals surface area contributed by atoms with E-state index in [9.17, 15) is 14.0 Å². The van der Waals surface area contributed by atoms with E-state index in [0.717, 1.165) is 12.0 Å². The molecule has 0 saturated carbocycles. The molecule has 0 unspecified atom stereocenters. The van der Waals surface area contributed by atoms with Crippen molar-refractivity contribution in [1.82, 2.24) is 10.2 Å². The molecule has 130 valence electrons. The molecule has 2 aromatic rings. The molecule has 0 aliphatic carbocycles. The molecule has 1 N–H and O–H groups in total. The van der Waals surface area contributed by atoms with E-state index in [2.05, 4.69) is 5.32 Å². The van der Waals surface area contributed by atoms with Crippen molar-refractivity contribution in [3.05, 3.63) is 71.5 Å². The zero-order valence-electron chi connectivity index (χ0n) is 14.1. The summed E-state index contributed by atoms with van der Waals surface area (Å²) < 4.78 is 13.4. The Morgan fingerprint density at radius 2 is 1.92 bits per heavy atom. The molecule has 2 atom stereocenters. The third-order valence-corrected chi connectivity index (χ3v) is 4.55. The lowest BCUT2D eigenvalue weighted by molar-refractivity contribution is -0.125. The summed E-state index contributed by atoms with van der Waals surface area (Å²) >= 11 is 0. The number of likely N-dealkylation sites (tertiary alicyclic amines) is 1. The van der Waals surface area contributed by atoms with E-state index < -0.39 is 11.9 Å². The maximum Gasteiger partial charge on any atom is 0.254 e. The number of benzene rings is 2. The van der Waals surface area contributed by atoms with Crippen LogP contribution >= 0.6 is 0 Å². The lowest BCUT2D eigenvalue weighted by Gasteiger charge is -2.25. The molecule has 1 aliphatic rings. The van der Waals surface area contributed by atoms with Gasteiger partial charge >= 0.3 is 0 Å². The van der Waals surface area contributed by atoms with Gasteiger partial charge in [-0.15, -0.1) is 0 Å². The summed E-state index contributed by atoms with van der Waals surface area (Å²) in [6.07, 6.45) is 1.38. The standard InChI is InChI=1S/C20H21FN2O2/c1-14(15-7-3-2-4-8-15)22-19(24)18-11-6-12-23(18)20(25)16-9-5-10-17(21)13-16/h2-5,7-10,13-14,18H,6,11-12H2,1H3,(H,22,24)/t14-,18+/m1/s1. The van der Waals surface area contributed by atoms with E-state index >= 15 is 0 Å². The fourth-order valence-electron chi connectivity index (χ4n) is 3.20. The average Bonchev–Trinajstić information content (AvgIpc) is 3.11. The van der Waals surface area contributed by atoms with Crippen LogP contribution < -0.4 is 5.32 Å². The van der Waals surface area contributed by atoms with Crippen molar-refractivity contribution in [3.8, 4) is 0 Å². The zero-order chi connectivity index (χ0) is 17.8. The van der Waals surface area contributed by atoms with Gasteiger partial charge < -0.3 is 10.2 Å². The van der Waals surface area contributed by atoms with Crippen LogP contribution in [-0.4, -0.2) is 29.3 Å². The molecule has 2 amide bonds. The average molecular weight is 340 g/mol. The molecule has 0 spiro atoms. The third-order valence-electron chi connectivity index (χ3n) is 4.55. The maximum atomic E-state index is 13.4. The molecule has 5 heteroatoms. The normalized spacial score (nSPS) is 18.0. The Kier molecular flexibility index (Phi) is 5.12. The third kappa shape index (κ3) is 3.87. The molecular weight excluding hydrogens is 319 g/mol. The summed E-state index contributed by atoms with van der Waals surface area (Å²) in [6, 6.07) is 14.6. The topological polar surface area (TPSA) is 49.4 Å². The minimum absolute atomic E-state index is 0.138. The van der Waals surface area contributed by atoms with Gasteiger partial charge in [0.25, 0.3) is 5.91 Å². The highest BCUT2D eigenvalue weighted by molar-refractivity contribution is 5.98. The highest BCUT2D eigenvalue weighted by atomic mass is 19.1. The Hall–Kier alpha value is -2.69. The Balaban J connectivity index is 1.70. The van der Waals surface area contributed by atoms with Crippen LogP contribution in [0.25, 0.3) is 0 Å². The maximum absolute atomic E-state index is 13.4. The number of rotatable bonds is 4. The van der Waals surface area contributed by atoms with E-state index in [1.54, 1.807) is 11.0 Å². The zero-order valence-corrected chi connectivity index (χ0v) is 14.1. The second-order valence-electron chi connectivity index (χ2n) is 6.31. The molecule has 4 nitrogen and oxygen atoms in total. The first-order valence-corrected chi connectivity index (χ1v) is 8.48. The van der Waals surface area contributed by atoms with Gasteiger partial charge in [0, 0.05) is 12.1 Å². The number of amides is 2. The molecule has 2 aromatic carbocycles. The summed E-state index contributed by atoms with van der Waals surface area (Å²) in [5.41, 5.74) is 1.28. The molecule has 25 heavy (non-hydrogen) atoms. The first kappa shape index (κ1) is 17.1. The van der Waals surface area contributed by atoms with Crippen molar-refractivity contribution >= 4 is 11.8 Å². The lowest BCUT2D eigenvalue weighted by Crippen LogP contribution is -2.46. The van der Waals surface area contributed by atoms with Gasteiger partial charge in [-0.05, 0) is 43.5 Å². The van der Waals surface area contributed by atoms with Crippen LogP contribution in [0.4, 0.5) is 4.39 Å². The largest absolute Gasteiger partial charge is 0.348 e. The van der Waals surface area contributed by atoms with Crippen LogP contribution in [0.3, 0.4) is 0 Å². The minimum Gasteiger partial charge on any atom is -0.348 e. The fraction of sp³-hybridized carbons (Fsp3) is 0.300. The summed E-state index contributed by atoms with van der Waals surface area (Å²) in [5.74, 6) is -0.924. The van der Waals surface area contributed by atoms with Crippen LogP contribution in [0.2, 0.25) is 0 Å². The molecule has 1 fully saturated rings. The van der Waals surface area contributed by atoms with Crippen molar-refractivity contribution < 1.29 is 14.0 Å². The number of hydrogen-bond donors (Lipinski definition) is 1. The summed E-state index contributed by atoms with van der Waals surface area (Å²) in [5, 5.41) is 2.98. The van der Waals surface area contributed by atoms with Crippen LogP contribution in [-0.2, 0) is 4.79 Å². The van der Waals surface area contributed by atoms with Gasteiger partial charge in [0.2, 0.25) is 5.91 Å². The molecule has 0 radical (unpaired) electrons. The second-order valence-corrected chi connectivity index (χ2v) is 6.31. The summed E-state index contributed by atoms with van der Waals surface area (Å²) in [6.45, 7) is 2.42. The monoisotopic (exact) mass is 340 g/mol. The Labute approximate surface area is 146 Å². The molecule has 3 rings (SSSR count). The van der Waals surface area contributed by atoms with Gasteiger partial charge in [0.05, 0.1) is 6.04 Å². The van der Waals surface area contributed by atoms with E-state index in [1.807, 2.05) is 37.3 Å². The molecule has 1 heterocycles. The first-order valence-electron chi connectivity index (χ1n) is 8.48. The van der Waals surface area contributed by atoms with E-state index in [-0.39, 0.29) is 23.4 Å². The number of nitrogens with one attached hydrogen (secondary N) is 1. The highest BCUT2D eigenvalue weighted by Gasteiger charge is 2.35. The minimum atomic E-state index is -0.512. The van der Waals surface area contributed by atoms with Crippen molar-refractivity contribution in [1.29, 1.82) is 0 Å². The van der Waals surface area contributed by atoms with Gasteiger partial charge in [-0.1, -0.05) is 36.4 Å². The van der Waals surface area contributed by atoms with Crippen molar-refractivity contribution in [3.63, 3.8) is 0 Å². The summed E-state index contributed by atoms with van der Waals surface area (Å²) in [4.78, 5) is 26.9. The number of carbonyl (C=O) groups is 2. The van der Waals surface area contributed by atoms with Crippen LogP contribution in [0.5, 0.6) is 0 Å². The Morgan fingerprint density at radius 1 is 1.16 bits per heavy atom. The highest BCUT2D eigenvalue weighted by Crippen LogP contribution is 2.22. The van der Waals surface area contributed by atoms with Crippen LogP contribution in [0.15, 0.2) is 54.6 Å². The second kappa shape index (κ2) is 7.47. The lowest BCUT2D eigenvalue weighted by atomic mass is 10.1. The van der Waals surface area contributed by atoms with E-state index in [0.29, 0.717) is 13.0 Å². The molecule has 0 aromatic heterocycles. The predicted octanol–water partition coefficient (Wildman–Crippen LogP) is 3.31. The van der Waals surface area contributed by atoms with Gasteiger partial charge in [-0.25, -0.2) is 4.39 Å². The number of nitrogens with zero attached hydrogens (tertiary/aromatic N) is 1. The summed E-state index contributed by atoms with van der Waals surface area (Å²) in [7, 11) is 0. The van der Waals surface area contributed by atoms with Crippen LogP contribution in [0, 0.1) is 5.82 Å². The first-order chi connectivity index (χ1) is 12.1. The molecular formula is C20H21FN2O2. The number of carbonyl (C=O) groups excluding carboxylic acids is 2. The Bertz CT molecular complexity index is 763. The van der Waals surface area contributed by atoms with E-state index in [4.69, 9.17) is 0 Å². The molecule has 1 saturated heterocycles. The van der Waals surface area contributed by atoms with Crippen molar-refractivity contribution in [2.24, 2.45) is 0 Å². The number of hydrogen-bond acceptors (Lipinski definition) is 2. The molecule has 0 bridgehead atoms. The quantitative estimate of drug-likeness (QED) is 0.928. The van der Waals surface area contributed by atoms with Crippen molar-refractivity contribution in [2.45, 2.75) is 31.8 Å². The van der Waals surface area contributed by atoms with Crippen LogP contribution in [0.1, 0.15) is 41.7 Å². The van der Waals surface area contributed by atoms with Crippen molar-refractivity contribution in [2.75, 3.05) is 6.54 Å². The molecule has 1 aliphatic heterocycles. The fourth-order valence-corrected chi connectivity index (χ4v) is 3.20. The van der Waals surface area contributed by atoms with Gasteiger partial charge in [0.1, 0.15) is 11.9 Å². The van der Waals surface area contributed by atoms with Gasteiger partial charge in [0.15, 0.2) is 0 Å².